The van der Waals surface area contributed by atoms with Crippen LogP contribution < -0.4 is 10.1 Å². The van der Waals surface area contributed by atoms with Gasteiger partial charge in [0, 0.05) is 18.8 Å². The molecule has 0 spiro atoms. The fourth-order valence-corrected chi connectivity index (χ4v) is 4.56. The maximum atomic E-state index is 13.8. The van der Waals surface area contributed by atoms with Crippen LogP contribution in [0.3, 0.4) is 0 Å². The van der Waals surface area contributed by atoms with E-state index in [4.69, 9.17) is 4.74 Å². The van der Waals surface area contributed by atoms with Gasteiger partial charge >= 0.3 is 0 Å². The number of carbonyl (C=O) groups is 2. The molecule has 0 bridgehead atoms. The van der Waals surface area contributed by atoms with Crippen LogP contribution in [0.5, 0.6) is 5.75 Å². The summed E-state index contributed by atoms with van der Waals surface area (Å²) in [4.78, 5) is 36.5. The summed E-state index contributed by atoms with van der Waals surface area (Å²) in [6, 6.07) is 5.84. The number of amides is 2. The van der Waals surface area contributed by atoms with Crippen molar-refractivity contribution in [2.75, 3.05) is 13.2 Å². The fraction of sp³-hybridized carbons (Fsp3) is 0.500. The largest absolute Gasteiger partial charge is 0.481 e. The second kappa shape index (κ2) is 10.1. The van der Waals surface area contributed by atoms with Crippen molar-refractivity contribution in [1.29, 1.82) is 0 Å². The molecule has 1 aromatic carbocycles. The first-order valence-corrected chi connectivity index (χ1v) is 11.3. The van der Waals surface area contributed by atoms with E-state index in [-0.39, 0.29) is 36.3 Å². The highest BCUT2D eigenvalue weighted by Gasteiger charge is 2.34. The van der Waals surface area contributed by atoms with Gasteiger partial charge < -0.3 is 15.0 Å². The number of halogens is 1. The summed E-state index contributed by atoms with van der Waals surface area (Å²) in [6.07, 6.45) is 8.47. The van der Waals surface area contributed by atoms with E-state index in [9.17, 15) is 14.0 Å². The minimum atomic E-state index is -0.508. The predicted octanol–water partition coefficient (Wildman–Crippen LogP) is 3.73. The Morgan fingerprint density at radius 2 is 1.94 bits per heavy atom. The number of aromatic nitrogens is 2. The molecule has 4 rings (SSSR count). The molecule has 1 N–H and O–H groups in total. The summed E-state index contributed by atoms with van der Waals surface area (Å²) >= 11 is 0. The van der Waals surface area contributed by atoms with Crippen molar-refractivity contribution in [2.24, 2.45) is 0 Å². The maximum absolute atomic E-state index is 13.8. The van der Waals surface area contributed by atoms with E-state index in [0.717, 1.165) is 32.1 Å². The third-order valence-corrected chi connectivity index (χ3v) is 6.20. The summed E-state index contributed by atoms with van der Waals surface area (Å²) in [5, 5.41) is 3.13. The van der Waals surface area contributed by atoms with Gasteiger partial charge in [0.15, 0.2) is 18.2 Å². The van der Waals surface area contributed by atoms with Crippen molar-refractivity contribution in [1.82, 2.24) is 20.2 Å². The van der Waals surface area contributed by atoms with Gasteiger partial charge in [-0.05, 0) is 44.7 Å². The molecule has 2 aliphatic rings. The summed E-state index contributed by atoms with van der Waals surface area (Å²) in [7, 11) is 0. The van der Waals surface area contributed by atoms with Gasteiger partial charge in [0.2, 0.25) is 0 Å². The minimum Gasteiger partial charge on any atom is -0.481 e. The number of hydrogen-bond acceptors (Lipinski definition) is 5. The molecule has 1 saturated heterocycles. The van der Waals surface area contributed by atoms with E-state index < -0.39 is 5.82 Å². The summed E-state index contributed by atoms with van der Waals surface area (Å²) in [5.74, 6) is -0.357. The average Bonchev–Trinajstić information content (AvgIpc) is 3.29. The van der Waals surface area contributed by atoms with Crippen molar-refractivity contribution >= 4 is 11.8 Å². The van der Waals surface area contributed by atoms with Gasteiger partial charge in [-0.1, -0.05) is 31.4 Å². The normalized spacial score (nSPS) is 19.1. The zero-order chi connectivity index (χ0) is 22.5. The van der Waals surface area contributed by atoms with Crippen LogP contribution in [0.25, 0.3) is 0 Å². The van der Waals surface area contributed by atoms with E-state index in [0.29, 0.717) is 30.0 Å². The number of carbonyl (C=O) groups excluding carboxylic acids is 2. The number of rotatable bonds is 6. The zero-order valence-corrected chi connectivity index (χ0v) is 18.3. The second-order valence-corrected chi connectivity index (χ2v) is 8.49. The molecule has 1 aliphatic heterocycles. The Bertz CT molecular complexity index is 977. The molecule has 2 heterocycles. The molecule has 32 heavy (non-hydrogen) atoms. The molecule has 1 aliphatic carbocycles. The molecular weight excluding hydrogens is 411 g/mol. The number of hydrogen-bond donors (Lipinski definition) is 1. The lowest BCUT2D eigenvalue weighted by molar-refractivity contribution is -0.134. The third-order valence-electron chi connectivity index (χ3n) is 6.20. The molecule has 0 radical (unpaired) electrons. The number of likely N-dealkylation sites (tertiary alicyclic amines) is 1. The molecule has 170 valence electrons. The van der Waals surface area contributed by atoms with E-state index in [2.05, 4.69) is 15.3 Å². The number of para-hydroxylation sites is 1. The number of nitrogens with one attached hydrogen (secondary N) is 1. The van der Waals surface area contributed by atoms with E-state index in [1.165, 1.54) is 18.6 Å². The van der Waals surface area contributed by atoms with Crippen molar-refractivity contribution in [2.45, 2.75) is 64.0 Å². The van der Waals surface area contributed by atoms with Gasteiger partial charge in [-0.2, -0.15) is 0 Å². The Kier molecular flexibility index (Phi) is 6.97. The highest BCUT2D eigenvalue weighted by molar-refractivity contribution is 5.95. The van der Waals surface area contributed by atoms with Crippen molar-refractivity contribution < 1.29 is 18.7 Å². The molecule has 2 fully saturated rings. The molecule has 2 aromatic rings. The molecule has 1 saturated carbocycles. The Morgan fingerprint density at radius 3 is 2.72 bits per heavy atom. The molecule has 7 nitrogen and oxygen atoms in total. The first-order chi connectivity index (χ1) is 15.5. The molecule has 0 unspecified atom stereocenters. The van der Waals surface area contributed by atoms with E-state index in [1.54, 1.807) is 30.2 Å². The number of benzene rings is 1. The maximum Gasteiger partial charge on any atom is 0.261 e. The number of nitrogens with zero attached hydrogens (tertiary/aromatic N) is 3. The zero-order valence-electron chi connectivity index (χ0n) is 18.3. The predicted molar refractivity (Wildman–Crippen MR) is 117 cm³/mol. The number of aryl methyl sites for hydroxylation is 1. The van der Waals surface area contributed by atoms with Crippen LogP contribution in [-0.2, 0) is 4.79 Å². The van der Waals surface area contributed by atoms with Crippen LogP contribution in [0.2, 0.25) is 0 Å². The van der Waals surface area contributed by atoms with E-state index >= 15 is 0 Å². The van der Waals surface area contributed by atoms with Crippen LogP contribution in [0, 0.1) is 12.7 Å². The third kappa shape index (κ3) is 5.06. The summed E-state index contributed by atoms with van der Waals surface area (Å²) in [5.41, 5.74) is 0.989. The van der Waals surface area contributed by atoms with Crippen molar-refractivity contribution in [3.05, 3.63) is 53.4 Å². The van der Waals surface area contributed by atoms with Crippen molar-refractivity contribution in [3.63, 3.8) is 0 Å². The molecule has 1 atom stereocenters. The highest BCUT2D eigenvalue weighted by Crippen LogP contribution is 2.33. The summed E-state index contributed by atoms with van der Waals surface area (Å²) in [6.45, 7) is 2.04. The van der Waals surface area contributed by atoms with Crippen LogP contribution in [0.15, 0.2) is 30.5 Å². The lowest BCUT2D eigenvalue weighted by atomic mass is 9.95. The SMILES string of the molecule is Cc1ncc(C(=O)NC2CCCCC2)c([C@@H]2CCCN2C(=O)COc2ccccc2F)n1. The van der Waals surface area contributed by atoms with Crippen LogP contribution in [0.1, 0.15) is 72.9 Å². The van der Waals surface area contributed by atoms with E-state index in [1.807, 2.05) is 0 Å². The minimum absolute atomic E-state index is 0.0435. The number of ether oxygens (including phenoxy) is 1. The van der Waals surface area contributed by atoms with Gasteiger partial charge in [-0.15, -0.1) is 0 Å². The van der Waals surface area contributed by atoms with Gasteiger partial charge in [0.1, 0.15) is 5.82 Å². The Hall–Kier alpha value is -3.03. The Balaban J connectivity index is 1.50. The smallest absolute Gasteiger partial charge is 0.261 e. The first kappa shape index (κ1) is 22.2. The average molecular weight is 441 g/mol. The van der Waals surface area contributed by atoms with Gasteiger partial charge in [-0.25, -0.2) is 14.4 Å². The monoisotopic (exact) mass is 440 g/mol. The Morgan fingerprint density at radius 1 is 1.16 bits per heavy atom. The fourth-order valence-electron chi connectivity index (χ4n) is 4.56. The van der Waals surface area contributed by atoms with Gasteiger partial charge in [-0.3, -0.25) is 9.59 Å². The quantitative estimate of drug-likeness (QED) is 0.740. The Labute approximate surface area is 187 Å². The van der Waals surface area contributed by atoms with Gasteiger partial charge in [0.05, 0.1) is 17.3 Å². The highest BCUT2D eigenvalue weighted by atomic mass is 19.1. The van der Waals surface area contributed by atoms with Crippen LogP contribution >= 0.6 is 0 Å². The lowest BCUT2D eigenvalue weighted by Crippen LogP contribution is -2.39. The molecular formula is C24H29FN4O3. The standard InChI is InChI=1S/C24H29FN4O3/c1-16-26-14-18(24(31)28-17-8-3-2-4-9-17)23(27-16)20-11-7-13-29(20)22(30)15-32-21-12-6-5-10-19(21)25/h5-6,10,12,14,17,20H,2-4,7-9,11,13,15H2,1H3,(H,28,31)/t20-/m0/s1. The molecule has 8 heteroatoms. The lowest BCUT2D eigenvalue weighted by Gasteiger charge is -2.27. The molecule has 1 aromatic heterocycles. The first-order valence-electron chi connectivity index (χ1n) is 11.3. The van der Waals surface area contributed by atoms with Crippen LogP contribution in [0.4, 0.5) is 4.39 Å². The van der Waals surface area contributed by atoms with Crippen molar-refractivity contribution in [3.8, 4) is 5.75 Å². The second-order valence-electron chi connectivity index (χ2n) is 8.49. The topological polar surface area (TPSA) is 84.4 Å². The van der Waals surface area contributed by atoms with Crippen LogP contribution in [-0.4, -0.2) is 45.9 Å². The van der Waals surface area contributed by atoms with Gasteiger partial charge in [0.25, 0.3) is 11.8 Å². The molecule has 2 amide bonds. The summed E-state index contributed by atoms with van der Waals surface area (Å²) < 4.78 is 19.2.